The molecule has 0 aliphatic rings. The molecule has 1 heterocycles. The van der Waals surface area contributed by atoms with Crippen LogP contribution in [0, 0.1) is 10.1 Å². The van der Waals surface area contributed by atoms with Crippen LogP contribution in [0.1, 0.15) is 15.9 Å². The fraction of sp³-hybridized carbons (Fsp3) is 0.0526. The zero-order valence-electron chi connectivity index (χ0n) is 13.7. The molecule has 0 bridgehead atoms. The van der Waals surface area contributed by atoms with Gasteiger partial charge >= 0.3 is 0 Å². The van der Waals surface area contributed by atoms with Crippen molar-refractivity contribution in [3.05, 3.63) is 105 Å². The summed E-state index contributed by atoms with van der Waals surface area (Å²) in [6.07, 6.45) is 1.47. The second-order valence-electron chi connectivity index (χ2n) is 5.63. The van der Waals surface area contributed by atoms with Gasteiger partial charge in [0.2, 0.25) is 0 Å². The Kier molecular flexibility index (Phi) is 4.89. The largest absolute Gasteiger partial charge is 0.322 e. The molecule has 3 aromatic rings. The Hall–Kier alpha value is -3.74. The molecular weight excluding hydrogens is 334 g/mol. The van der Waals surface area contributed by atoms with E-state index in [0.717, 1.165) is 5.56 Å². The molecule has 26 heavy (non-hydrogen) atoms. The number of amides is 1. The van der Waals surface area contributed by atoms with E-state index in [4.69, 9.17) is 0 Å². The average molecular weight is 349 g/mol. The van der Waals surface area contributed by atoms with Crippen LogP contribution >= 0.6 is 0 Å². The number of nitro benzene ring substituents is 1. The van der Waals surface area contributed by atoms with Gasteiger partial charge in [0.25, 0.3) is 17.2 Å². The molecule has 0 aliphatic carbocycles. The zero-order chi connectivity index (χ0) is 18.5. The summed E-state index contributed by atoms with van der Waals surface area (Å²) in [6, 6.07) is 17.7. The second-order valence-corrected chi connectivity index (χ2v) is 5.63. The average Bonchev–Trinajstić information content (AvgIpc) is 2.64. The fourth-order valence-electron chi connectivity index (χ4n) is 2.43. The topological polar surface area (TPSA) is 94.2 Å². The number of hydrogen-bond donors (Lipinski definition) is 1. The van der Waals surface area contributed by atoms with Crippen LogP contribution < -0.4 is 10.9 Å². The van der Waals surface area contributed by atoms with Crippen LogP contribution in [-0.4, -0.2) is 15.4 Å². The van der Waals surface area contributed by atoms with Gasteiger partial charge in [-0.1, -0.05) is 30.3 Å². The Labute approximate surface area is 148 Å². The maximum Gasteiger partial charge on any atom is 0.269 e. The van der Waals surface area contributed by atoms with Crippen molar-refractivity contribution in [2.75, 3.05) is 5.32 Å². The molecule has 1 amide bonds. The summed E-state index contributed by atoms with van der Waals surface area (Å²) < 4.78 is 1.39. The van der Waals surface area contributed by atoms with Gasteiger partial charge in [-0.2, -0.15) is 0 Å². The summed E-state index contributed by atoms with van der Waals surface area (Å²) in [4.78, 5) is 34.6. The molecule has 7 heteroatoms. The van der Waals surface area contributed by atoms with E-state index in [2.05, 4.69) is 5.32 Å². The van der Waals surface area contributed by atoms with Gasteiger partial charge in [0.1, 0.15) is 0 Å². The Bertz CT molecular complexity index is 995. The number of non-ortho nitro benzene ring substituents is 1. The van der Waals surface area contributed by atoms with E-state index in [0.29, 0.717) is 11.3 Å². The van der Waals surface area contributed by atoms with Gasteiger partial charge in [0, 0.05) is 30.1 Å². The van der Waals surface area contributed by atoms with Crippen molar-refractivity contribution in [3.63, 3.8) is 0 Å². The SMILES string of the molecule is O=C(Nc1ccccc1)c1ccc(=O)n(Cc2ccc([N+](=O)[O-])cc2)c1. The van der Waals surface area contributed by atoms with Crippen LogP contribution in [0.5, 0.6) is 0 Å². The number of carbonyl (C=O) groups excluding carboxylic acids is 1. The predicted octanol–water partition coefficient (Wildman–Crippen LogP) is 3.06. The van der Waals surface area contributed by atoms with E-state index in [1.54, 1.807) is 24.3 Å². The Morgan fingerprint density at radius 3 is 2.35 bits per heavy atom. The molecule has 3 rings (SSSR count). The molecular formula is C19H15N3O4. The first-order chi connectivity index (χ1) is 12.5. The summed E-state index contributed by atoms with van der Waals surface area (Å²) >= 11 is 0. The number of para-hydroxylation sites is 1. The highest BCUT2D eigenvalue weighted by molar-refractivity contribution is 6.04. The van der Waals surface area contributed by atoms with E-state index in [1.165, 1.54) is 35.0 Å². The van der Waals surface area contributed by atoms with Crippen LogP contribution in [0.3, 0.4) is 0 Å². The molecule has 0 radical (unpaired) electrons. The number of pyridine rings is 1. The summed E-state index contributed by atoms with van der Waals surface area (Å²) in [5, 5.41) is 13.5. The third-order valence-corrected chi connectivity index (χ3v) is 3.78. The molecule has 1 aromatic heterocycles. The predicted molar refractivity (Wildman–Crippen MR) is 97.3 cm³/mol. The van der Waals surface area contributed by atoms with Gasteiger partial charge in [0.05, 0.1) is 17.0 Å². The smallest absolute Gasteiger partial charge is 0.269 e. The van der Waals surface area contributed by atoms with Gasteiger partial charge in [-0.25, -0.2) is 0 Å². The minimum Gasteiger partial charge on any atom is -0.322 e. The van der Waals surface area contributed by atoms with Crippen molar-refractivity contribution in [3.8, 4) is 0 Å². The van der Waals surface area contributed by atoms with E-state index in [1.807, 2.05) is 18.2 Å². The molecule has 0 saturated heterocycles. The Morgan fingerprint density at radius 1 is 1.00 bits per heavy atom. The lowest BCUT2D eigenvalue weighted by Crippen LogP contribution is -2.22. The van der Waals surface area contributed by atoms with E-state index in [-0.39, 0.29) is 23.7 Å². The van der Waals surface area contributed by atoms with Gasteiger partial charge < -0.3 is 9.88 Å². The normalized spacial score (nSPS) is 10.3. The van der Waals surface area contributed by atoms with Gasteiger partial charge in [0.15, 0.2) is 0 Å². The number of aromatic nitrogens is 1. The molecule has 2 aromatic carbocycles. The number of nitro groups is 1. The molecule has 1 N–H and O–H groups in total. The van der Waals surface area contributed by atoms with Crippen molar-refractivity contribution in [2.24, 2.45) is 0 Å². The van der Waals surface area contributed by atoms with E-state index in [9.17, 15) is 19.7 Å². The molecule has 0 unspecified atom stereocenters. The number of hydrogen-bond acceptors (Lipinski definition) is 4. The second kappa shape index (κ2) is 7.43. The standard InChI is InChI=1S/C19H15N3O4/c23-18-11-8-15(19(24)20-16-4-2-1-3-5-16)13-21(18)12-14-6-9-17(10-7-14)22(25)26/h1-11,13H,12H2,(H,20,24). The number of nitrogens with one attached hydrogen (secondary N) is 1. The lowest BCUT2D eigenvalue weighted by molar-refractivity contribution is -0.384. The molecule has 0 spiro atoms. The number of nitrogens with zero attached hydrogens (tertiary/aromatic N) is 2. The molecule has 7 nitrogen and oxygen atoms in total. The van der Waals surface area contributed by atoms with Crippen LogP contribution in [0.15, 0.2) is 77.7 Å². The summed E-state index contributed by atoms with van der Waals surface area (Å²) in [5.74, 6) is -0.325. The van der Waals surface area contributed by atoms with Crippen LogP contribution in [-0.2, 0) is 6.54 Å². The summed E-state index contributed by atoms with van der Waals surface area (Å²) in [5.41, 5.74) is 1.44. The minimum absolute atomic E-state index is 0.0166. The fourth-order valence-corrected chi connectivity index (χ4v) is 2.43. The first-order valence-corrected chi connectivity index (χ1v) is 7.83. The third-order valence-electron chi connectivity index (χ3n) is 3.78. The van der Waals surface area contributed by atoms with Crippen molar-refractivity contribution in [1.29, 1.82) is 0 Å². The number of benzene rings is 2. The lowest BCUT2D eigenvalue weighted by atomic mass is 10.2. The first-order valence-electron chi connectivity index (χ1n) is 7.83. The third kappa shape index (κ3) is 4.02. The van der Waals surface area contributed by atoms with Crippen LogP contribution in [0.4, 0.5) is 11.4 Å². The maximum atomic E-state index is 12.3. The minimum atomic E-state index is -0.482. The lowest BCUT2D eigenvalue weighted by Gasteiger charge is -2.09. The van der Waals surface area contributed by atoms with E-state index < -0.39 is 4.92 Å². The first kappa shape index (κ1) is 17.1. The number of anilines is 1. The summed E-state index contributed by atoms with van der Waals surface area (Å²) in [7, 11) is 0. The van der Waals surface area contributed by atoms with Crippen LogP contribution in [0.25, 0.3) is 0 Å². The Balaban J connectivity index is 1.80. The molecule has 0 atom stereocenters. The van der Waals surface area contributed by atoms with E-state index >= 15 is 0 Å². The zero-order valence-corrected chi connectivity index (χ0v) is 13.7. The number of carbonyl (C=O) groups is 1. The van der Waals surface area contributed by atoms with Gasteiger partial charge in [-0.15, -0.1) is 0 Å². The van der Waals surface area contributed by atoms with Crippen molar-refractivity contribution in [2.45, 2.75) is 6.54 Å². The van der Waals surface area contributed by atoms with Crippen LogP contribution in [0.2, 0.25) is 0 Å². The van der Waals surface area contributed by atoms with Crippen molar-refractivity contribution >= 4 is 17.3 Å². The Morgan fingerprint density at radius 2 is 1.69 bits per heavy atom. The van der Waals surface area contributed by atoms with Gasteiger partial charge in [-0.05, 0) is 23.8 Å². The van der Waals surface area contributed by atoms with Gasteiger partial charge in [-0.3, -0.25) is 19.7 Å². The molecule has 0 saturated carbocycles. The molecule has 130 valence electrons. The highest BCUT2D eigenvalue weighted by atomic mass is 16.6. The number of rotatable bonds is 5. The highest BCUT2D eigenvalue weighted by Gasteiger charge is 2.09. The quantitative estimate of drug-likeness (QED) is 0.566. The molecule has 0 fully saturated rings. The highest BCUT2D eigenvalue weighted by Crippen LogP contribution is 2.13. The summed E-state index contributed by atoms with van der Waals surface area (Å²) in [6.45, 7) is 0.212. The van der Waals surface area contributed by atoms with Crippen molar-refractivity contribution < 1.29 is 9.72 Å². The monoisotopic (exact) mass is 349 g/mol. The molecule has 0 aliphatic heterocycles. The maximum absolute atomic E-state index is 12.3. The van der Waals surface area contributed by atoms with Crippen molar-refractivity contribution in [1.82, 2.24) is 4.57 Å².